The van der Waals surface area contributed by atoms with E-state index in [4.69, 9.17) is 14.0 Å². The molecule has 0 unspecified atom stereocenters. The minimum atomic E-state index is -0.423. The number of esters is 1. The summed E-state index contributed by atoms with van der Waals surface area (Å²) in [6, 6.07) is 11.3. The Bertz CT molecular complexity index is 678. The highest BCUT2D eigenvalue weighted by Gasteiger charge is 2.20. The van der Waals surface area contributed by atoms with E-state index in [0.29, 0.717) is 23.7 Å². The first-order chi connectivity index (χ1) is 10.7. The molecule has 0 fully saturated rings. The Morgan fingerprint density at radius 1 is 1.36 bits per heavy atom. The Balaban J connectivity index is 1.53. The van der Waals surface area contributed by atoms with E-state index in [1.54, 1.807) is 13.0 Å². The second-order valence-electron chi connectivity index (χ2n) is 4.89. The summed E-state index contributed by atoms with van der Waals surface area (Å²) in [6.45, 7) is 2.27. The summed E-state index contributed by atoms with van der Waals surface area (Å²) in [5.41, 5.74) is 4.17. The number of aryl methyl sites for hydroxylation is 1. The number of hydrogen-bond donors (Lipinski definition) is 1. The zero-order valence-electron chi connectivity index (χ0n) is 12.1. The molecule has 6 heteroatoms. The molecule has 114 valence electrons. The van der Waals surface area contributed by atoms with Crippen LogP contribution >= 0.6 is 0 Å². The second-order valence-corrected chi connectivity index (χ2v) is 4.89. The van der Waals surface area contributed by atoms with Crippen LogP contribution in [0.1, 0.15) is 21.7 Å². The summed E-state index contributed by atoms with van der Waals surface area (Å²) in [5.74, 6) is 0.790. The first-order valence-corrected chi connectivity index (χ1v) is 6.97. The van der Waals surface area contributed by atoms with E-state index in [1.807, 2.05) is 30.3 Å². The van der Waals surface area contributed by atoms with Crippen LogP contribution in [0.25, 0.3) is 0 Å². The van der Waals surface area contributed by atoms with Gasteiger partial charge in [0.15, 0.2) is 5.84 Å². The topological polar surface area (TPSA) is 73.1 Å². The lowest BCUT2D eigenvalue weighted by atomic mass is 10.2. The number of aliphatic imine (C=N–C) groups is 1. The Kier molecular flexibility index (Phi) is 4.20. The van der Waals surface area contributed by atoms with E-state index in [0.717, 1.165) is 5.56 Å². The smallest absolute Gasteiger partial charge is 0.341 e. The number of ether oxygens (including phenoxy) is 1. The van der Waals surface area contributed by atoms with Gasteiger partial charge in [0.2, 0.25) is 0 Å². The average Bonchev–Trinajstić information content (AvgIpc) is 3.00. The molecule has 22 heavy (non-hydrogen) atoms. The number of hydrogen-bond acceptors (Lipinski definition) is 6. The Hall–Kier alpha value is -2.60. The number of rotatable bonds is 4. The molecule has 1 atom stereocenters. The van der Waals surface area contributed by atoms with Gasteiger partial charge < -0.3 is 9.15 Å². The standard InChI is InChI=1S/C16H16N2O4/c1-11-14(7-8-20-11)16(19)21-10-13-9-17-15(18-22-13)12-5-3-2-4-6-12/h2-8,13H,9-10H2,1H3,(H,17,18)/t13-/m0/s1. The van der Waals surface area contributed by atoms with Gasteiger partial charge in [0, 0.05) is 5.56 Å². The number of carbonyl (C=O) groups excluding carboxylic acids is 1. The molecule has 1 aromatic heterocycles. The van der Waals surface area contributed by atoms with Crippen LogP contribution in [-0.2, 0) is 9.57 Å². The highest BCUT2D eigenvalue weighted by Crippen LogP contribution is 2.11. The minimum absolute atomic E-state index is 0.127. The van der Waals surface area contributed by atoms with Crippen LogP contribution in [0.5, 0.6) is 0 Å². The van der Waals surface area contributed by atoms with Gasteiger partial charge in [-0.05, 0) is 13.0 Å². The van der Waals surface area contributed by atoms with Gasteiger partial charge in [0.1, 0.15) is 24.0 Å². The molecule has 0 aliphatic carbocycles. The quantitative estimate of drug-likeness (QED) is 0.875. The summed E-state index contributed by atoms with van der Waals surface area (Å²) in [5, 5.41) is 0. The normalized spacial score (nSPS) is 17.5. The van der Waals surface area contributed by atoms with Crippen molar-refractivity contribution in [2.45, 2.75) is 13.0 Å². The van der Waals surface area contributed by atoms with Crippen molar-refractivity contribution in [2.24, 2.45) is 4.99 Å². The largest absolute Gasteiger partial charge is 0.469 e. The van der Waals surface area contributed by atoms with Crippen molar-refractivity contribution in [1.29, 1.82) is 0 Å². The van der Waals surface area contributed by atoms with E-state index in [-0.39, 0.29) is 12.7 Å². The van der Waals surface area contributed by atoms with Gasteiger partial charge in [-0.2, -0.15) is 0 Å². The first-order valence-electron chi connectivity index (χ1n) is 6.97. The summed E-state index contributed by atoms with van der Waals surface area (Å²) in [4.78, 5) is 21.7. The van der Waals surface area contributed by atoms with Gasteiger partial charge in [0.05, 0.1) is 12.8 Å². The van der Waals surface area contributed by atoms with Crippen molar-refractivity contribution in [1.82, 2.24) is 5.48 Å². The van der Waals surface area contributed by atoms with Crippen LogP contribution in [0.3, 0.4) is 0 Å². The van der Waals surface area contributed by atoms with Crippen molar-refractivity contribution in [2.75, 3.05) is 13.2 Å². The highest BCUT2D eigenvalue weighted by molar-refractivity contribution is 5.98. The van der Waals surface area contributed by atoms with E-state index in [1.165, 1.54) is 6.26 Å². The molecule has 1 N–H and O–H groups in total. The van der Waals surface area contributed by atoms with Crippen LogP contribution in [0, 0.1) is 6.92 Å². The van der Waals surface area contributed by atoms with E-state index in [2.05, 4.69) is 10.5 Å². The number of benzene rings is 1. The Morgan fingerprint density at radius 3 is 2.82 bits per heavy atom. The van der Waals surface area contributed by atoms with Gasteiger partial charge in [-0.1, -0.05) is 30.3 Å². The molecule has 2 heterocycles. The van der Waals surface area contributed by atoms with Crippen LogP contribution in [0.15, 0.2) is 52.1 Å². The van der Waals surface area contributed by atoms with Gasteiger partial charge in [-0.25, -0.2) is 10.3 Å². The lowest BCUT2D eigenvalue weighted by Gasteiger charge is -2.22. The van der Waals surface area contributed by atoms with Gasteiger partial charge in [-0.3, -0.25) is 9.83 Å². The monoisotopic (exact) mass is 300 g/mol. The van der Waals surface area contributed by atoms with Crippen LogP contribution in [0.4, 0.5) is 0 Å². The molecule has 6 nitrogen and oxygen atoms in total. The van der Waals surface area contributed by atoms with E-state index in [9.17, 15) is 4.79 Å². The van der Waals surface area contributed by atoms with Gasteiger partial charge in [-0.15, -0.1) is 0 Å². The number of nitrogens with one attached hydrogen (secondary N) is 1. The van der Waals surface area contributed by atoms with Crippen LogP contribution in [0.2, 0.25) is 0 Å². The molecular formula is C16H16N2O4. The van der Waals surface area contributed by atoms with Crippen molar-refractivity contribution in [3.8, 4) is 0 Å². The molecule has 0 amide bonds. The van der Waals surface area contributed by atoms with Crippen LogP contribution < -0.4 is 5.48 Å². The van der Waals surface area contributed by atoms with E-state index < -0.39 is 5.97 Å². The Labute approximate surface area is 127 Å². The Morgan fingerprint density at radius 2 is 2.18 bits per heavy atom. The predicted molar refractivity (Wildman–Crippen MR) is 79.6 cm³/mol. The maximum atomic E-state index is 11.9. The lowest BCUT2D eigenvalue weighted by Crippen LogP contribution is -2.40. The van der Waals surface area contributed by atoms with Gasteiger partial charge in [0.25, 0.3) is 0 Å². The average molecular weight is 300 g/mol. The molecule has 0 spiro atoms. The second kappa shape index (κ2) is 6.44. The summed E-state index contributed by atoms with van der Waals surface area (Å²) >= 11 is 0. The van der Waals surface area contributed by atoms with Crippen molar-refractivity contribution < 1.29 is 18.8 Å². The number of amidine groups is 1. The fraction of sp³-hybridized carbons (Fsp3) is 0.250. The summed E-state index contributed by atoms with van der Waals surface area (Å²) in [6.07, 6.45) is 1.14. The van der Waals surface area contributed by atoms with Crippen molar-refractivity contribution >= 4 is 11.8 Å². The van der Waals surface area contributed by atoms with Gasteiger partial charge >= 0.3 is 5.97 Å². The third kappa shape index (κ3) is 3.17. The predicted octanol–water partition coefficient (Wildman–Crippen LogP) is 2.10. The zero-order chi connectivity index (χ0) is 15.4. The number of nitrogens with zero attached hydrogens (tertiary/aromatic N) is 1. The SMILES string of the molecule is Cc1occc1C(=O)OC[C@@H]1CN=C(c2ccccc2)NO1. The fourth-order valence-electron chi connectivity index (χ4n) is 2.08. The van der Waals surface area contributed by atoms with E-state index >= 15 is 0 Å². The molecular weight excluding hydrogens is 284 g/mol. The minimum Gasteiger partial charge on any atom is -0.469 e. The molecule has 1 aliphatic rings. The maximum absolute atomic E-state index is 11.9. The molecule has 0 saturated heterocycles. The third-order valence-corrected chi connectivity index (χ3v) is 3.30. The number of carbonyl (C=O) groups is 1. The van der Waals surface area contributed by atoms with Crippen LogP contribution in [-0.4, -0.2) is 31.1 Å². The number of hydroxylamine groups is 1. The van der Waals surface area contributed by atoms with Crippen molar-refractivity contribution in [3.05, 3.63) is 59.5 Å². The van der Waals surface area contributed by atoms with Crippen molar-refractivity contribution in [3.63, 3.8) is 0 Å². The highest BCUT2D eigenvalue weighted by atomic mass is 16.7. The zero-order valence-corrected chi connectivity index (χ0v) is 12.1. The fourth-order valence-corrected chi connectivity index (χ4v) is 2.08. The molecule has 1 aliphatic heterocycles. The lowest BCUT2D eigenvalue weighted by molar-refractivity contribution is -0.0349. The summed E-state index contributed by atoms with van der Waals surface area (Å²) in [7, 11) is 0. The molecule has 2 aromatic rings. The maximum Gasteiger partial charge on any atom is 0.341 e. The molecule has 0 radical (unpaired) electrons. The summed E-state index contributed by atoms with van der Waals surface area (Å²) < 4.78 is 10.3. The molecule has 0 bridgehead atoms. The molecule has 1 aromatic carbocycles. The first kappa shape index (κ1) is 14.3. The number of furan rings is 1. The third-order valence-electron chi connectivity index (χ3n) is 3.30. The molecule has 0 saturated carbocycles. The molecule has 3 rings (SSSR count).